The molecule has 0 radical (unpaired) electrons. The van der Waals surface area contributed by atoms with Crippen LogP contribution >= 0.6 is 0 Å². The second kappa shape index (κ2) is 9.01. The maximum Gasteiger partial charge on any atom is 0.239 e. The topological polar surface area (TPSA) is 43.9 Å². The van der Waals surface area contributed by atoms with Crippen LogP contribution in [0.5, 0.6) is 5.88 Å². The Morgan fingerprint density at radius 2 is 1.69 bits per heavy atom. The van der Waals surface area contributed by atoms with Gasteiger partial charge >= 0.3 is 0 Å². The van der Waals surface area contributed by atoms with Gasteiger partial charge in [0.05, 0.1) is 7.11 Å². The highest BCUT2D eigenvalue weighted by molar-refractivity contribution is 5.68. The molecule has 2 fully saturated rings. The minimum absolute atomic E-state index is 0.649. The summed E-state index contributed by atoms with van der Waals surface area (Å²) in [6.45, 7) is 9.03. The molecular formula is C23H33N5O. The number of piperazine rings is 1. The number of hydrogen-bond acceptors (Lipinski definition) is 6. The summed E-state index contributed by atoms with van der Waals surface area (Å²) in [5.74, 6) is 1.70. The number of aromatic nitrogens is 1. The molecule has 3 heterocycles. The predicted octanol–water partition coefficient (Wildman–Crippen LogP) is 3.36. The Morgan fingerprint density at radius 3 is 2.34 bits per heavy atom. The number of para-hydroxylation sites is 1. The Kier molecular flexibility index (Phi) is 6.21. The van der Waals surface area contributed by atoms with E-state index >= 15 is 0 Å². The number of likely N-dealkylation sites (N-methyl/N-ethyl adjacent to an activating group) is 1. The molecule has 156 valence electrons. The standard InChI is InChI=1S/C23H33N5O/c1-18-17-21(24-19-7-5-4-6-8-19)23(29-3)25-22(18)28-11-9-20(10-12-28)27-15-13-26(2)14-16-27/h4-8,17,20,24H,9-16H2,1-3H3. The molecule has 0 atom stereocenters. The van der Waals surface area contributed by atoms with Crippen molar-refractivity contribution < 1.29 is 4.74 Å². The largest absolute Gasteiger partial charge is 0.479 e. The molecule has 4 rings (SSSR count). The number of hydrogen-bond donors (Lipinski definition) is 1. The van der Waals surface area contributed by atoms with Crippen LogP contribution in [0.1, 0.15) is 18.4 Å². The summed E-state index contributed by atoms with van der Waals surface area (Å²) >= 11 is 0. The summed E-state index contributed by atoms with van der Waals surface area (Å²) in [5.41, 5.74) is 3.13. The molecule has 1 aromatic carbocycles. The molecular weight excluding hydrogens is 362 g/mol. The van der Waals surface area contributed by atoms with Crippen molar-refractivity contribution in [3.05, 3.63) is 42.0 Å². The van der Waals surface area contributed by atoms with E-state index in [1.54, 1.807) is 7.11 Å². The van der Waals surface area contributed by atoms with Crippen LogP contribution in [0.25, 0.3) is 0 Å². The molecule has 0 bridgehead atoms. The molecule has 1 aromatic heterocycles. The van der Waals surface area contributed by atoms with Crippen LogP contribution in [0.2, 0.25) is 0 Å². The summed E-state index contributed by atoms with van der Waals surface area (Å²) in [6, 6.07) is 13.0. The van der Waals surface area contributed by atoms with Crippen LogP contribution in [-0.4, -0.2) is 74.3 Å². The van der Waals surface area contributed by atoms with Crippen molar-refractivity contribution in [2.24, 2.45) is 0 Å². The predicted molar refractivity (Wildman–Crippen MR) is 120 cm³/mol. The van der Waals surface area contributed by atoms with E-state index in [0.717, 1.165) is 30.3 Å². The fraction of sp³-hybridized carbons (Fsp3) is 0.522. The third-order valence-corrected chi connectivity index (χ3v) is 6.22. The summed E-state index contributed by atoms with van der Waals surface area (Å²) in [5, 5.41) is 3.43. The number of piperidine rings is 1. The van der Waals surface area contributed by atoms with Gasteiger partial charge in [-0.2, -0.15) is 4.98 Å². The van der Waals surface area contributed by atoms with E-state index in [0.29, 0.717) is 11.9 Å². The van der Waals surface area contributed by atoms with Gasteiger partial charge < -0.3 is 19.9 Å². The number of pyridine rings is 1. The summed E-state index contributed by atoms with van der Waals surface area (Å²) in [6.07, 6.45) is 2.41. The Labute approximate surface area is 174 Å². The van der Waals surface area contributed by atoms with E-state index in [1.165, 1.54) is 44.6 Å². The fourth-order valence-corrected chi connectivity index (χ4v) is 4.46. The van der Waals surface area contributed by atoms with Gasteiger partial charge in [0.15, 0.2) is 0 Å². The van der Waals surface area contributed by atoms with Gasteiger partial charge in [0.1, 0.15) is 11.5 Å². The van der Waals surface area contributed by atoms with Crippen molar-refractivity contribution in [2.45, 2.75) is 25.8 Å². The van der Waals surface area contributed by atoms with Crippen LogP contribution in [0.4, 0.5) is 17.2 Å². The first-order valence-electron chi connectivity index (χ1n) is 10.7. The number of benzene rings is 1. The zero-order valence-corrected chi connectivity index (χ0v) is 17.9. The molecule has 6 nitrogen and oxygen atoms in total. The lowest BCUT2D eigenvalue weighted by Gasteiger charge is -2.42. The number of aryl methyl sites for hydroxylation is 1. The molecule has 0 amide bonds. The van der Waals surface area contributed by atoms with E-state index in [4.69, 9.17) is 9.72 Å². The highest BCUT2D eigenvalue weighted by atomic mass is 16.5. The van der Waals surface area contributed by atoms with Crippen LogP contribution in [0, 0.1) is 6.92 Å². The Bertz CT molecular complexity index is 796. The van der Waals surface area contributed by atoms with Crippen molar-refractivity contribution in [2.75, 3.05) is 63.6 Å². The monoisotopic (exact) mass is 395 g/mol. The van der Waals surface area contributed by atoms with E-state index < -0.39 is 0 Å². The number of rotatable bonds is 5. The van der Waals surface area contributed by atoms with Crippen LogP contribution in [0.3, 0.4) is 0 Å². The molecule has 2 saturated heterocycles. The summed E-state index contributed by atoms with van der Waals surface area (Å²) in [4.78, 5) is 12.4. The lowest BCUT2D eigenvalue weighted by Crippen LogP contribution is -2.52. The van der Waals surface area contributed by atoms with E-state index in [9.17, 15) is 0 Å². The van der Waals surface area contributed by atoms with E-state index in [-0.39, 0.29) is 0 Å². The number of nitrogens with one attached hydrogen (secondary N) is 1. The number of ether oxygens (including phenoxy) is 1. The third kappa shape index (κ3) is 4.65. The minimum atomic E-state index is 0.649. The van der Waals surface area contributed by atoms with Gasteiger partial charge in [-0.05, 0) is 50.6 Å². The molecule has 0 aliphatic carbocycles. The van der Waals surface area contributed by atoms with Crippen LogP contribution in [0.15, 0.2) is 36.4 Å². The number of anilines is 3. The highest BCUT2D eigenvalue weighted by Crippen LogP contribution is 2.33. The van der Waals surface area contributed by atoms with Gasteiger partial charge in [-0.15, -0.1) is 0 Å². The van der Waals surface area contributed by atoms with Gasteiger partial charge in [-0.1, -0.05) is 18.2 Å². The SMILES string of the molecule is COc1nc(N2CCC(N3CCN(C)CC3)CC2)c(C)cc1Nc1ccccc1. The zero-order valence-electron chi connectivity index (χ0n) is 17.9. The molecule has 0 saturated carbocycles. The van der Waals surface area contributed by atoms with Crippen molar-refractivity contribution in [3.63, 3.8) is 0 Å². The van der Waals surface area contributed by atoms with Crippen molar-refractivity contribution in [1.82, 2.24) is 14.8 Å². The Balaban J connectivity index is 1.44. The lowest BCUT2D eigenvalue weighted by atomic mass is 10.0. The van der Waals surface area contributed by atoms with Crippen LogP contribution < -0.4 is 15.0 Å². The molecule has 2 aliphatic heterocycles. The van der Waals surface area contributed by atoms with Crippen LogP contribution in [-0.2, 0) is 0 Å². The number of methoxy groups -OCH3 is 1. The van der Waals surface area contributed by atoms with E-state index in [1.807, 2.05) is 30.3 Å². The fourth-order valence-electron chi connectivity index (χ4n) is 4.46. The number of nitrogens with zero attached hydrogens (tertiary/aromatic N) is 4. The molecule has 2 aromatic rings. The second-order valence-corrected chi connectivity index (χ2v) is 8.23. The first-order valence-corrected chi connectivity index (χ1v) is 10.7. The molecule has 2 aliphatic rings. The average Bonchev–Trinajstić information content (AvgIpc) is 2.75. The molecule has 1 N–H and O–H groups in total. The molecule has 6 heteroatoms. The van der Waals surface area contributed by atoms with Gasteiger partial charge in [0.2, 0.25) is 5.88 Å². The van der Waals surface area contributed by atoms with Gasteiger partial charge in [-0.25, -0.2) is 0 Å². The minimum Gasteiger partial charge on any atom is -0.479 e. The first kappa shape index (κ1) is 20.0. The normalized spacial score (nSPS) is 19.3. The van der Waals surface area contributed by atoms with Crippen molar-refractivity contribution in [1.29, 1.82) is 0 Å². The molecule has 0 spiro atoms. The zero-order chi connectivity index (χ0) is 20.2. The van der Waals surface area contributed by atoms with Crippen molar-refractivity contribution in [3.8, 4) is 5.88 Å². The maximum absolute atomic E-state index is 5.62. The van der Waals surface area contributed by atoms with Gasteiger partial charge in [-0.3, -0.25) is 4.90 Å². The van der Waals surface area contributed by atoms with Gasteiger partial charge in [0.25, 0.3) is 0 Å². The molecule has 29 heavy (non-hydrogen) atoms. The summed E-state index contributed by atoms with van der Waals surface area (Å²) in [7, 11) is 3.91. The highest BCUT2D eigenvalue weighted by Gasteiger charge is 2.28. The quantitative estimate of drug-likeness (QED) is 0.838. The Hall–Kier alpha value is -2.31. The molecule has 0 unspecified atom stereocenters. The first-order chi connectivity index (χ1) is 14.1. The third-order valence-electron chi connectivity index (χ3n) is 6.22. The Morgan fingerprint density at radius 1 is 1.00 bits per heavy atom. The second-order valence-electron chi connectivity index (χ2n) is 8.23. The maximum atomic E-state index is 5.62. The summed E-state index contributed by atoms with van der Waals surface area (Å²) < 4.78 is 5.62. The average molecular weight is 396 g/mol. The van der Waals surface area contributed by atoms with Crippen molar-refractivity contribution >= 4 is 17.2 Å². The van der Waals surface area contributed by atoms with E-state index in [2.05, 4.69) is 40.1 Å². The lowest BCUT2D eigenvalue weighted by molar-refractivity contribution is 0.0981. The van der Waals surface area contributed by atoms with Gasteiger partial charge in [0, 0.05) is 51.0 Å². The smallest absolute Gasteiger partial charge is 0.239 e.